The van der Waals surface area contributed by atoms with Crippen LogP contribution >= 0.6 is 23.2 Å². The van der Waals surface area contributed by atoms with E-state index in [1.807, 2.05) is 13.0 Å². The number of allylic oxidation sites excluding steroid dienone is 2. The Morgan fingerprint density at radius 3 is 2.50 bits per heavy atom. The Balaban J connectivity index is 3.29. The van der Waals surface area contributed by atoms with Crippen molar-refractivity contribution in [2.75, 3.05) is 11.8 Å². The number of halogens is 2. The van der Waals surface area contributed by atoms with Crippen molar-refractivity contribution < 1.29 is 0 Å². The molecule has 0 aromatic carbocycles. The summed E-state index contributed by atoms with van der Waals surface area (Å²) in [5, 5.41) is 0. The molecule has 2 heteroatoms. The van der Waals surface area contributed by atoms with Crippen molar-refractivity contribution in [2.45, 2.75) is 13.3 Å². The molecule has 0 aromatic heterocycles. The first-order valence-corrected chi connectivity index (χ1v) is 3.65. The Hall–Kier alpha value is 0.320. The van der Waals surface area contributed by atoms with Crippen LogP contribution in [0.15, 0.2) is 11.6 Å². The topological polar surface area (TPSA) is 0 Å². The van der Waals surface area contributed by atoms with Gasteiger partial charge in [0.1, 0.15) is 0 Å². The van der Waals surface area contributed by atoms with Crippen molar-refractivity contribution in [3.63, 3.8) is 0 Å². The molecule has 0 spiro atoms. The van der Waals surface area contributed by atoms with E-state index in [9.17, 15) is 0 Å². The lowest BCUT2D eigenvalue weighted by molar-refractivity contribution is 1.10. The maximum absolute atomic E-state index is 5.45. The number of rotatable bonds is 3. The van der Waals surface area contributed by atoms with E-state index in [1.165, 1.54) is 5.57 Å². The molecule has 48 valence electrons. The maximum Gasteiger partial charge on any atom is 0.0406 e. The van der Waals surface area contributed by atoms with E-state index in [4.69, 9.17) is 23.2 Å². The molecule has 0 atom stereocenters. The number of hydrogen-bond donors (Lipinski definition) is 0. The molecule has 0 nitrogen and oxygen atoms in total. The van der Waals surface area contributed by atoms with Gasteiger partial charge in [0.2, 0.25) is 0 Å². The van der Waals surface area contributed by atoms with Crippen LogP contribution in [0.5, 0.6) is 0 Å². The molecule has 0 aromatic rings. The smallest absolute Gasteiger partial charge is 0.0406 e. The lowest BCUT2D eigenvalue weighted by atomic mass is 10.2. The van der Waals surface area contributed by atoms with Crippen molar-refractivity contribution in [3.8, 4) is 0 Å². The van der Waals surface area contributed by atoms with Gasteiger partial charge in [-0.1, -0.05) is 11.6 Å². The average molecular weight is 153 g/mol. The van der Waals surface area contributed by atoms with Gasteiger partial charge in [-0.3, -0.25) is 0 Å². The summed E-state index contributed by atoms with van der Waals surface area (Å²) in [5.74, 6) is 1.29. The van der Waals surface area contributed by atoms with Gasteiger partial charge in [0.15, 0.2) is 0 Å². The van der Waals surface area contributed by atoms with Crippen LogP contribution in [-0.2, 0) is 0 Å². The Bertz CT molecular complexity index is 76.6. The zero-order valence-electron chi connectivity index (χ0n) is 4.95. The highest BCUT2D eigenvalue weighted by Gasteiger charge is 1.84. The fourth-order valence-corrected chi connectivity index (χ4v) is 0.944. The summed E-state index contributed by atoms with van der Waals surface area (Å²) in [6, 6.07) is 0. The van der Waals surface area contributed by atoms with E-state index in [0.29, 0.717) is 11.8 Å². The molecule has 0 rings (SSSR count). The second-order valence-electron chi connectivity index (χ2n) is 1.64. The second-order valence-corrected chi connectivity index (χ2v) is 2.33. The first-order chi connectivity index (χ1) is 3.81. The van der Waals surface area contributed by atoms with E-state index >= 15 is 0 Å². The van der Waals surface area contributed by atoms with Crippen LogP contribution in [0.1, 0.15) is 13.3 Å². The highest BCUT2D eigenvalue weighted by atomic mass is 35.5. The summed E-state index contributed by atoms with van der Waals surface area (Å²) in [5.41, 5.74) is 1.27. The standard InChI is InChI=1S/C6H10Cl2/c1-6(2-4-7)3-5-8/h2H,3-5H2,1H3. The summed E-state index contributed by atoms with van der Waals surface area (Å²) >= 11 is 10.9. The predicted octanol–water partition coefficient (Wildman–Crippen LogP) is 2.80. The molecule has 0 saturated carbocycles. The summed E-state index contributed by atoms with van der Waals surface area (Å²) in [6.07, 6.45) is 2.93. The Morgan fingerprint density at radius 2 is 2.12 bits per heavy atom. The van der Waals surface area contributed by atoms with Crippen LogP contribution in [0, 0.1) is 0 Å². The van der Waals surface area contributed by atoms with Crippen molar-refractivity contribution in [3.05, 3.63) is 11.6 Å². The maximum atomic E-state index is 5.45. The molecule has 0 aliphatic heterocycles. The Morgan fingerprint density at radius 1 is 1.50 bits per heavy atom. The lowest BCUT2D eigenvalue weighted by Gasteiger charge is -1.91. The monoisotopic (exact) mass is 152 g/mol. The molecule has 0 heterocycles. The number of hydrogen-bond acceptors (Lipinski definition) is 0. The molecule has 0 bridgehead atoms. The molecule has 0 aliphatic carbocycles. The van der Waals surface area contributed by atoms with E-state index in [0.717, 1.165) is 6.42 Å². The van der Waals surface area contributed by atoms with Gasteiger partial charge >= 0.3 is 0 Å². The fraction of sp³-hybridized carbons (Fsp3) is 0.667. The predicted molar refractivity (Wildman–Crippen MR) is 39.8 cm³/mol. The third-order valence-corrected chi connectivity index (χ3v) is 1.26. The zero-order chi connectivity index (χ0) is 6.41. The highest BCUT2D eigenvalue weighted by molar-refractivity contribution is 6.19. The van der Waals surface area contributed by atoms with Crippen molar-refractivity contribution in [1.82, 2.24) is 0 Å². The van der Waals surface area contributed by atoms with Gasteiger partial charge in [-0.15, -0.1) is 23.2 Å². The minimum atomic E-state index is 0.600. The molecule has 0 saturated heterocycles. The van der Waals surface area contributed by atoms with Gasteiger partial charge < -0.3 is 0 Å². The third kappa shape index (κ3) is 4.48. The Kier molecular flexibility index (Phi) is 5.67. The largest absolute Gasteiger partial charge is 0.126 e. The molecule has 0 fully saturated rings. The molecule has 0 unspecified atom stereocenters. The summed E-state index contributed by atoms with van der Waals surface area (Å²) < 4.78 is 0. The van der Waals surface area contributed by atoms with Gasteiger partial charge in [0.25, 0.3) is 0 Å². The summed E-state index contributed by atoms with van der Waals surface area (Å²) in [4.78, 5) is 0. The van der Waals surface area contributed by atoms with Crippen LogP contribution < -0.4 is 0 Å². The highest BCUT2D eigenvalue weighted by Crippen LogP contribution is 2.00. The quantitative estimate of drug-likeness (QED) is 0.432. The van der Waals surface area contributed by atoms with E-state index in [2.05, 4.69) is 0 Å². The third-order valence-electron chi connectivity index (χ3n) is 0.914. The van der Waals surface area contributed by atoms with Crippen LogP contribution in [-0.4, -0.2) is 11.8 Å². The SMILES string of the molecule is CC(=CCCl)CCCl. The van der Waals surface area contributed by atoms with Crippen LogP contribution in [0.4, 0.5) is 0 Å². The van der Waals surface area contributed by atoms with E-state index in [-0.39, 0.29) is 0 Å². The van der Waals surface area contributed by atoms with Gasteiger partial charge in [-0.05, 0) is 13.3 Å². The van der Waals surface area contributed by atoms with Gasteiger partial charge in [-0.25, -0.2) is 0 Å². The summed E-state index contributed by atoms with van der Waals surface area (Å²) in [6.45, 7) is 2.03. The van der Waals surface area contributed by atoms with Crippen LogP contribution in [0.3, 0.4) is 0 Å². The average Bonchev–Trinajstić information content (AvgIpc) is 1.68. The van der Waals surface area contributed by atoms with Crippen molar-refractivity contribution in [1.29, 1.82) is 0 Å². The van der Waals surface area contributed by atoms with Gasteiger partial charge in [-0.2, -0.15) is 0 Å². The molecular weight excluding hydrogens is 143 g/mol. The zero-order valence-corrected chi connectivity index (χ0v) is 6.47. The lowest BCUT2D eigenvalue weighted by Crippen LogP contribution is -1.77. The second kappa shape index (κ2) is 5.46. The van der Waals surface area contributed by atoms with Crippen LogP contribution in [0.25, 0.3) is 0 Å². The first kappa shape index (κ1) is 8.32. The van der Waals surface area contributed by atoms with Crippen LogP contribution in [0.2, 0.25) is 0 Å². The minimum Gasteiger partial charge on any atom is -0.126 e. The minimum absolute atomic E-state index is 0.600. The normalized spacial score (nSPS) is 12.1. The summed E-state index contributed by atoms with van der Waals surface area (Å²) in [7, 11) is 0. The van der Waals surface area contributed by atoms with Crippen molar-refractivity contribution in [2.24, 2.45) is 0 Å². The molecule has 0 amide bonds. The molecule has 0 aliphatic rings. The molecule has 0 radical (unpaired) electrons. The van der Waals surface area contributed by atoms with Gasteiger partial charge in [0.05, 0.1) is 0 Å². The first-order valence-electron chi connectivity index (χ1n) is 2.58. The van der Waals surface area contributed by atoms with E-state index < -0.39 is 0 Å². The van der Waals surface area contributed by atoms with Crippen molar-refractivity contribution >= 4 is 23.2 Å². The molecular formula is C6H10Cl2. The fourth-order valence-electron chi connectivity index (χ4n) is 0.383. The Labute approximate surface area is 60.5 Å². The van der Waals surface area contributed by atoms with E-state index in [1.54, 1.807) is 0 Å². The number of alkyl halides is 2. The van der Waals surface area contributed by atoms with Gasteiger partial charge in [0, 0.05) is 11.8 Å². The molecule has 0 N–H and O–H groups in total. The molecule has 8 heavy (non-hydrogen) atoms.